The second kappa shape index (κ2) is 14.0. The van der Waals surface area contributed by atoms with Gasteiger partial charge in [-0.1, -0.05) is 54.1 Å². The van der Waals surface area contributed by atoms with Crippen LogP contribution in [0.1, 0.15) is 24.3 Å². The molecule has 3 fully saturated rings. The van der Waals surface area contributed by atoms with Gasteiger partial charge in [0, 0.05) is 22.6 Å². The quantitative estimate of drug-likeness (QED) is 0.119. The van der Waals surface area contributed by atoms with E-state index < -0.39 is 35.5 Å². The third-order valence-electron chi connectivity index (χ3n) is 12.6. The SMILES string of the molecule is O=C1C2CC=C3C(CC4C(=O)N(c5ccc(-c6nc7ccccc7o6)cc5)C(=O)C4C3c3ccccc3OCCO)C2C(=O)N1c1ccc(-c2nc3ccccc3o2)cc1. The maximum Gasteiger partial charge on any atom is 0.238 e. The summed E-state index contributed by atoms with van der Waals surface area (Å²) in [4.78, 5) is 70.1. The minimum atomic E-state index is -0.796. The van der Waals surface area contributed by atoms with Crippen LogP contribution in [0, 0.1) is 29.6 Å². The summed E-state index contributed by atoms with van der Waals surface area (Å²) < 4.78 is 17.9. The highest BCUT2D eigenvalue weighted by atomic mass is 16.5. The Kier molecular flexibility index (Phi) is 8.38. The molecule has 1 saturated carbocycles. The lowest BCUT2D eigenvalue weighted by molar-refractivity contribution is -0.126. The number of ether oxygens (including phenoxy) is 1. The molecule has 0 spiro atoms. The van der Waals surface area contributed by atoms with Crippen LogP contribution in [0.5, 0.6) is 5.75 Å². The number of para-hydroxylation sites is 5. The lowest BCUT2D eigenvalue weighted by Gasteiger charge is -2.44. The van der Waals surface area contributed by atoms with Crippen molar-refractivity contribution >= 4 is 57.2 Å². The van der Waals surface area contributed by atoms with Gasteiger partial charge in [0.2, 0.25) is 35.4 Å². The highest BCUT2D eigenvalue weighted by Gasteiger charge is 2.62. The first-order valence-corrected chi connectivity index (χ1v) is 20.1. The van der Waals surface area contributed by atoms with Gasteiger partial charge in [-0.15, -0.1) is 0 Å². The van der Waals surface area contributed by atoms with E-state index in [-0.39, 0.29) is 43.3 Å². The summed E-state index contributed by atoms with van der Waals surface area (Å²) in [5.74, 6) is -4.08. The molecule has 12 heteroatoms. The van der Waals surface area contributed by atoms with Crippen molar-refractivity contribution in [1.82, 2.24) is 9.97 Å². The van der Waals surface area contributed by atoms with Crippen molar-refractivity contribution in [2.75, 3.05) is 23.0 Å². The highest BCUT2D eigenvalue weighted by molar-refractivity contribution is 6.24. The molecule has 0 bridgehead atoms. The number of imide groups is 2. The molecule has 296 valence electrons. The maximum atomic E-state index is 14.8. The molecule has 4 amide bonds. The number of carbonyl (C=O) groups excluding carboxylic acids is 4. The van der Waals surface area contributed by atoms with Gasteiger partial charge >= 0.3 is 0 Å². The van der Waals surface area contributed by atoms with E-state index in [9.17, 15) is 24.3 Å². The molecule has 4 aliphatic rings. The number of anilines is 2. The van der Waals surface area contributed by atoms with Gasteiger partial charge in [-0.2, -0.15) is 0 Å². The molecule has 12 nitrogen and oxygen atoms in total. The van der Waals surface area contributed by atoms with E-state index in [1.165, 1.54) is 9.80 Å². The number of aliphatic hydroxyl groups excluding tert-OH is 1. The molecule has 2 saturated heterocycles. The normalized spacial score (nSPS) is 23.6. The summed E-state index contributed by atoms with van der Waals surface area (Å²) in [5, 5.41) is 9.68. The van der Waals surface area contributed by atoms with Crippen molar-refractivity contribution < 1.29 is 37.9 Å². The van der Waals surface area contributed by atoms with Crippen molar-refractivity contribution in [3.63, 3.8) is 0 Å². The Morgan fingerprint density at radius 1 is 0.600 bits per heavy atom. The van der Waals surface area contributed by atoms with E-state index in [0.29, 0.717) is 63.2 Å². The number of nitrogens with zero attached hydrogens (tertiary/aromatic N) is 4. The van der Waals surface area contributed by atoms with Crippen LogP contribution < -0.4 is 14.5 Å². The standard InChI is InChI=1S/C48H36N4O8/c53-23-24-58-37-10-4-1-7-31(37)40-30-21-22-32-41(47(56)51(45(32)54)28-17-13-26(14-18-28)43-49-35-8-2-5-11-38(35)59-43)33(30)25-34-42(40)48(57)52(46(34)55)29-19-15-27(16-20-29)44-50-36-9-3-6-12-39(36)60-44/h1-21,32-34,40-42,53H,22-25H2. The Bertz CT molecular complexity index is 2850. The fourth-order valence-electron chi connectivity index (χ4n) is 9.97. The van der Waals surface area contributed by atoms with Gasteiger partial charge < -0.3 is 18.7 Å². The fraction of sp³-hybridized carbons (Fsp3) is 0.208. The maximum absolute atomic E-state index is 14.8. The predicted molar refractivity (Wildman–Crippen MR) is 220 cm³/mol. The average molecular weight is 797 g/mol. The van der Waals surface area contributed by atoms with E-state index in [2.05, 4.69) is 9.97 Å². The predicted octanol–water partition coefficient (Wildman–Crippen LogP) is 7.72. The van der Waals surface area contributed by atoms with E-state index in [1.807, 2.05) is 72.8 Å². The number of oxazole rings is 2. The molecule has 6 unspecified atom stereocenters. The zero-order valence-electron chi connectivity index (χ0n) is 32.0. The van der Waals surface area contributed by atoms with Gasteiger partial charge in [0.05, 0.1) is 41.7 Å². The highest BCUT2D eigenvalue weighted by Crippen LogP contribution is 2.59. The van der Waals surface area contributed by atoms with Crippen molar-refractivity contribution in [2.45, 2.75) is 18.8 Å². The molecule has 2 aromatic heterocycles. The zero-order chi connectivity index (χ0) is 40.6. The minimum Gasteiger partial charge on any atom is -0.491 e. The van der Waals surface area contributed by atoms with Crippen LogP contribution >= 0.6 is 0 Å². The molecule has 7 aromatic rings. The minimum absolute atomic E-state index is 0.0313. The van der Waals surface area contributed by atoms with Crippen molar-refractivity contribution in [1.29, 1.82) is 0 Å². The summed E-state index contributed by atoms with van der Waals surface area (Å²) in [6, 6.07) is 36.3. The lowest BCUT2D eigenvalue weighted by Crippen LogP contribution is -2.43. The first kappa shape index (κ1) is 35.9. The van der Waals surface area contributed by atoms with E-state index >= 15 is 0 Å². The zero-order valence-corrected chi connectivity index (χ0v) is 32.0. The molecule has 5 aromatic carbocycles. The summed E-state index contributed by atoms with van der Waals surface area (Å²) in [6.45, 7) is -0.184. The first-order valence-electron chi connectivity index (χ1n) is 20.1. The van der Waals surface area contributed by atoms with Gasteiger partial charge in [0.15, 0.2) is 11.2 Å². The number of hydrogen-bond donors (Lipinski definition) is 1. The number of aliphatic hydroxyl groups is 1. The van der Waals surface area contributed by atoms with Crippen LogP contribution in [0.3, 0.4) is 0 Å². The smallest absolute Gasteiger partial charge is 0.238 e. The summed E-state index contributed by atoms with van der Waals surface area (Å²) in [5.41, 5.74) is 6.54. The second-order valence-corrected chi connectivity index (χ2v) is 15.7. The summed E-state index contributed by atoms with van der Waals surface area (Å²) >= 11 is 0. The molecule has 4 heterocycles. The third kappa shape index (κ3) is 5.55. The number of amides is 4. The van der Waals surface area contributed by atoms with Gasteiger partial charge in [-0.25, -0.2) is 9.97 Å². The lowest BCUT2D eigenvalue weighted by atomic mass is 9.57. The fourth-order valence-corrected chi connectivity index (χ4v) is 9.97. The van der Waals surface area contributed by atoms with Crippen LogP contribution in [0.25, 0.3) is 45.1 Å². The number of allylic oxidation sites excluding steroid dienone is 2. The van der Waals surface area contributed by atoms with Gasteiger partial charge in [0.25, 0.3) is 0 Å². The number of fused-ring (bicyclic) bond motifs is 6. The van der Waals surface area contributed by atoms with E-state index in [4.69, 9.17) is 13.6 Å². The average Bonchev–Trinajstić information content (AvgIpc) is 4.04. The molecule has 60 heavy (non-hydrogen) atoms. The number of rotatable bonds is 8. The Labute approximate surface area is 342 Å². The van der Waals surface area contributed by atoms with Crippen LogP contribution in [0.2, 0.25) is 0 Å². The van der Waals surface area contributed by atoms with Crippen molar-refractivity contribution in [3.05, 3.63) is 139 Å². The van der Waals surface area contributed by atoms with Crippen LogP contribution in [-0.4, -0.2) is 51.9 Å². The van der Waals surface area contributed by atoms with Crippen LogP contribution in [-0.2, 0) is 19.2 Å². The Morgan fingerprint density at radius 2 is 1.13 bits per heavy atom. The Morgan fingerprint density at radius 3 is 1.72 bits per heavy atom. The monoisotopic (exact) mass is 796 g/mol. The number of hydrogen-bond acceptors (Lipinski definition) is 10. The van der Waals surface area contributed by atoms with Gasteiger partial charge in [-0.05, 0) is 97.6 Å². The molecule has 1 N–H and O–H groups in total. The van der Waals surface area contributed by atoms with Crippen LogP contribution in [0.4, 0.5) is 11.4 Å². The molecule has 6 atom stereocenters. The molecule has 0 radical (unpaired) electrons. The van der Waals surface area contributed by atoms with Gasteiger partial charge in [-0.3, -0.25) is 29.0 Å². The van der Waals surface area contributed by atoms with E-state index in [0.717, 1.165) is 16.6 Å². The third-order valence-corrected chi connectivity index (χ3v) is 12.6. The molecule has 11 rings (SSSR count). The molecular weight excluding hydrogens is 761 g/mol. The molecule has 2 aliphatic heterocycles. The topological polar surface area (TPSA) is 156 Å². The summed E-state index contributed by atoms with van der Waals surface area (Å²) in [7, 11) is 0. The largest absolute Gasteiger partial charge is 0.491 e. The number of carbonyl (C=O) groups is 4. The second-order valence-electron chi connectivity index (χ2n) is 15.7. The van der Waals surface area contributed by atoms with Crippen molar-refractivity contribution in [3.8, 4) is 28.7 Å². The number of benzene rings is 5. The van der Waals surface area contributed by atoms with E-state index in [1.54, 1.807) is 54.6 Å². The van der Waals surface area contributed by atoms with Crippen molar-refractivity contribution in [2.24, 2.45) is 29.6 Å². The van der Waals surface area contributed by atoms with Crippen LogP contribution in [0.15, 0.2) is 142 Å². The molecule has 2 aliphatic carbocycles. The summed E-state index contributed by atoms with van der Waals surface area (Å²) in [6.07, 6.45) is 2.53. The first-order chi connectivity index (χ1) is 29.4. The van der Waals surface area contributed by atoms with Gasteiger partial charge in [0.1, 0.15) is 23.4 Å². The molecular formula is C48H36N4O8. The Balaban J connectivity index is 0.937. The number of aromatic nitrogens is 2. The Hall–Kier alpha value is -7.18.